The van der Waals surface area contributed by atoms with Gasteiger partial charge in [-0.15, -0.1) is 15.3 Å². The number of rotatable bonds is 2. The van der Waals surface area contributed by atoms with Crippen molar-refractivity contribution in [3.8, 4) is 0 Å². The van der Waals surface area contributed by atoms with E-state index in [0.717, 1.165) is 24.0 Å². The highest BCUT2D eigenvalue weighted by molar-refractivity contribution is 5.46. The molecule has 0 bridgehead atoms. The molecule has 2 aromatic heterocycles. The number of hydrogen-bond donors (Lipinski definition) is 1. The lowest BCUT2D eigenvalue weighted by atomic mass is 10.2. The highest BCUT2D eigenvalue weighted by atomic mass is 19.4. The molecule has 1 aliphatic heterocycles. The van der Waals surface area contributed by atoms with Crippen molar-refractivity contribution in [1.29, 1.82) is 0 Å². The first-order chi connectivity index (χ1) is 9.47. The average Bonchev–Trinajstić information content (AvgIpc) is 3.05. The second-order valence-electron chi connectivity index (χ2n) is 4.74. The summed E-state index contributed by atoms with van der Waals surface area (Å²) in [4.78, 5) is 1.87. The smallest absolute Gasteiger partial charge is 0.354 e. The van der Waals surface area contributed by atoms with Gasteiger partial charge in [-0.05, 0) is 25.1 Å². The Balaban J connectivity index is 2.00. The molecule has 1 unspecified atom stereocenters. The molecule has 3 heterocycles. The van der Waals surface area contributed by atoms with E-state index in [0.29, 0.717) is 5.82 Å². The van der Waals surface area contributed by atoms with Crippen LogP contribution in [0.2, 0.25) is 0 Å². The second kappa shape index (κ2) is 4.58. The van der Waals surface area contributed by atoms with Gasteiger partial charge in [-0.2, -0.15) is 17.7 Å². The molecule has 0 saturated carbocycles. The van der Waals surface area contributed by atoms with E-state index in [4.69, 9.17) is 0 Å². The maximum Gasteiger partial charge on any atom is 0.453 e. The Morgan fingerprint density at radius 1 is 1.35 bits per heavy atom. The van der Waals surface area contributed by atoms with Crippen molar-refractivity contribution in [2.24, 2.45) is 0 Å². The lowest BCUT2D eigenvalue weighted by Gasteiger charge is -2.24. The van der Waals surface area contributed by atoms with Crippen LogP contribution in [-0.4, -0.2) is 46.0 Å². The van der Waals surface area contributed by atoms with Crippen LogP contribution in [0, 0.1) is 0 Å². The van der Waals surface area contributed by atoms with Crippen LogP contribution in [-0.2, 0) is 6.18 Å². The van der Waals surface area contributed by atoms with Crippen LogP contribution in [0.4, 0.5) is 19.0 Å². The highest BCUT2D eigenvalue weighted by Gasteiger charge is 2.37. The lowest BCUT2D eigenvalue weighted by molar-refractivity contribution is -0.146. The van der Waals surface area contributed by atoms with E-state index in [9.17, 15) is 13.2 Å². The van der Waals surface area contributed by atoms with E-state index in [1.54, 1.807) is 6.07 Å². The predicted molar refractivity (Wildman–Crippen MR) is 65.5 cm³/mol. The Morgan fingerprint density at radius 2 is 2.15 bits per heavy atom. The summed E-state index contributed by atoms with van der Waals surface area (Å²) < 4.78 is 39.1. The van der Waals surface area contributed by atoms with Gasteiger partial charge in [-0.25, -0.2) is 0 Å². The van der Waals surface area contributed by atoms with E-state index < -0.39 is 12.0 Å². The number of nitrogens with zero attached hydrogens (tertiary/aromatic N) is 5. The highest BCUT2D eigenvalue weighted by Crippen LogP contribution is 2.28. The minimum absolute atomic E-state index is 0.0824. The molecule has 0 amide bonds. The molecule has 3 rings (SSSR count). The number of hydrogen-bond acceptors (Lipinski definition) is 5. The zero-order valence-corrected chi connectivity index (χ0v) is 10.7. The molecule has 0 radical (unpaired) electrons. The van der Waals surface area contributed by atoms with Crippen LogP contribution < -0.4 is 10.2 Å². The summed E-state index contributed by atoms with van der Waals surface area (Å²) in [6, 6.07) is 3.37. The van der Waals surface area contributed by atoms with Crippen molar-refractivity contribution < 1.29 is 13.2 Å². The fourth-order valence-corrected chi connectivity index (χ4v) is 2.30. The van der Waals surface area contributed by atoms with Crippen molar-refractivity contribution in [2.45, 2.75) is 18.6 Å². The Labute approximate surface area is 112 Å². The second-order valence-corrected chi connectivity index (χ2v) is 4.74. The van der Waals surface area contributed by atoms with E-state index >= 15 is 0 Å². The molecular weight excluding hydrogens is 273 g/mol. The Bertz CT molecular complexity index is 616. The number of nitrogens with one attached hydrogen (secondary N) is 1. The molecule has 0 spiro atoms. The third-order valence-electron chi connectivity index (χ3n) is 3.45. The SMILES string of the molecule is CN(c1ccc2nnc(C(F)(F)F)n2n1)C1CCNC1. The summed E-state index contributed by atoms with van der Waals surface area (Å²) in [6.07, 6.45) is -3.64. The quantitative estimate of drug-likeness (QED) is 0.890. The van der Waals surface area contributed by atoms with Gasteiger partial charge in [-0.3, -0.25) is 0 Å². The number of aromatic nitrogens is 4. The summed E-state index contributed by atoms with van der Waals surface area (Å²) in [6.45, 7) is 1.70. The summed E-state index contributed by atoms with van der Waals surface area (Å²) in [5, 5.41) is 13.9. The average molecular weight is 286 g/mol. The topological polar surface area (TPSA) is 58.4 Å². The number of anilines is 1. The number of fused-ring (bicyclic) bond motifs is 1. The molecule has 1 fully saturated rings. The Morgan fingerprint density at radius 3 is 2.80 bits per heavy atom. The molecule has 1 N–H and O–H groups in total. The lowest BCUT2D eigenvalue weighted by Crippen LogP contribution is -2.34. The van der Waals surface area contributed by atoms with Gasteiger partial charge in [0.25, 0.3) is 5.82 Å². The van der Waals surface area contributed by atoms with Crippen molar-refractivity contribution in [1.82, 2.24) is 25.1 Å². The van der Waals surface area contributed by atoms with Crippen molar-refractivity contribution in [3.05, 3.63) is 18.0 Å². The monoisotopic (exact) mass is 286 g/mol. The first kappa shape index (κ1) is 13.1. The van der Waals surface area contributed by atoms with Crippen LogP contribution >= 0.6 is 0 Å². The van der Waals surface area contributed by atoms with E-state index in [1.165, 1.54) is 6.07 Å². The first-order valence-electron chi connectivity index (χ1n) is 6.20. The molecular formula is C11H13F3N6. The zero-order valence-electron chi connectivity index (χ0n) is 10.7. The van der Waals surface area contributed by atoms with Gasteiger partial charge < -0.3 is 10.2 Å². The molecule has 0 aliphatic carbocycles. The third kappa shape index (κ3) is 2.17. The van der Waals surface area contributed by atoms with E-state index in [1.807, 2.05) is 11.9 Å². The number of halogens is 3. The van der Waals surface area contributed by atoms with Gasteiger partial charge in [-0.1, -0.05) is 0 Å². The van der Waals surface area contributed by atoms with Gasteiger partial charge in [0.2, 0.25) is 0 Å². The summed E-state index contributed by atoms with van der Waals surface area (Å²) in [5.74, 6) is -0.635. The normalized spacial score (nSPS) is 19.7. The molecule has 108 valence electrons. The van der Waals surface area contributed by atoms with Crippen LogP contribution in [0.3, 0.4) is 0 Å². The van der Waals surface area contributed by atoms with Gasteiger partial charge >= 0.3 is 6.18 Å². The van der Waals surface area contributed by atoms with Crippen molar-refractivity contribution in [3.63, 3.8) is 0 Å². The predicted octanol–water partition coefficient (Wildman–Crippen LogP) is 0.941. The molecule has 1 saturated heterocycles. The molecule has 20 heavy (non-hydrogen) atoms. The summed E-state index contributed by atoms with van der Waals surface area (Å²) >= 11 is 0. The van der Waals surface area contributed by atoms with Crippen molar-refractivity contribution in [2.75, 3.05) is 25.0 Å². The fourth-order valence-electron chi connectivity index (χ4n) is 2.30. The minimum Gasteiger partial charge on any atom is -0.354 e. The van der Waals surface area contributed by atoms with Gasteiger partial charge in [0.1, 0.15) is 5.82 Å². The maximum atomic E-state index is 12.8. The minimum atomic E-state index is -4.57. The molecule has 1 aliphatic rings. The Kier molecular flexibility index (Phi) is 3.00. The molecule has 1 atom stereocenters. The zero-order chi connectivity index (χ0) is 14.3. The molecule has 6 nitrogen and oxygen atoms in total. The van der Waals surface area contributed by atoms with Crippen LogP contribution in [0.1, 0.15) is 12.2 Å². The fraction of sp³-hybridized carbons (Fsp3) is 0.545. The molecule has 9 heteroatoms. The third-order valence-corrected chi connectivity index (χ3v) is 3.45. The first-order valence-corrected chi connectivity index (χ1v) is 6.20. The van der Waals surface area contributed by atoms with Crippen molar-refractivity contribution >= 4 is 11.5 Å². The largest absolute Gasteiger partial charge is 0.453 e. The Hall–Kier alpha value is -1.90. The van der Waals surface area contributed by atoms with Crippen LogP contribution in [0.5, 0.6) is 0 Å². The van der Waals surface area contributed by atoms with Gasteiger partial charge in [0, 0.05) is 19.6 Å². The number of alkyl halides is 3. The van der Waals surface area contributed by atoms with Crippen LogP contribution in [0.15, 0.2) is 12.1 Å². The standard InChI is InChI=1S/C11H13F3N6/c1-19(7-4-5-15-6-7)9-3-2-8-16-17-10(11(12,13)14)20(8)18-9/h2-3,7,15H,4-6H2,1H3. The van der Waals surface area contributed by atoms with E-state index in [2.05, 4.69) is 20.6 Å². The summed E-state index contributed by atoms with van der Waals surface area (Å²) in [5.41, 5.74) is 0.0824. The molecule has 2 aromatic rings. The number of likely N-dealkylation sites (N-methyl/N-ethyl adjacent to an activating group) is 1. The summed E-state index contributed by atoms with van der Waals surface area (Å²) in [7, 11) is 1.82. The maximum absolute atomic E-state index is 12.8. The van der Waals surface area contributed by atoms with E-state index in [-0.39, 0.29) is 11.7 Å². The van der Waals surface area contributed by atoms with Gasteiger partial charge in [0.05, 0.1) is 0 Å². The van der Waals surface area contributed by atoms with Crippen LogP contribution in [0.25, 0.3) is 5.65 Å². The van der Waals surface area contributed by atoms with Gasteiger partial charge in [0.15, 0.2) is 5.65 Å². The molecule has 0 aromatic carbocycles.